The van der Waals surface area contributed by atoms with Gasteiger partial charge in [-0.1, -0.05) is 6.92 Å². The Bertz CT molecular complexity index is 141. The summed E-state index contributed by atoms with van der Waals surface area (Å²) in [5, 5.41) is 15.4. The molecule has 4 heteroatoms. The summed E-state index contributed by atoms with van der Waals surface area (Å²) < 4.78 is 0. The number of aliphatic carboxylic acids is 1. The van der Waals surface area contributed by atoms with E-state index >= 15 is 0 Å². The summed E-state index contributed by atoms with van der Waals surface area (Å²) in [6.45, 7) is 2.05. The molecule has 1 atom stereocenters. The monoisotopic (exact) mass is 144 g/mol. The van der Waals surface area contributed by atoms with Crippen molar-refractivity contribution in [3.05, 3.63) is 0 Å². The molecule has 0 amide bonds. The molecule has 0 fully saturated rings. The van der Waals surface area contributed by atoms with E-state index in [1.807, 2.05) is 6.92 Å². The Morgan fingerprint density at radius 2 is 2.30 bits per heavy atom. The predicted octanol–water partition coefficient (Wildman–Crippen LogP) is 0.0757. The average Bonchev–Trinajstić information content (AvgIpc) is 1.90. The van der Waals surface area contributed by atoms with Crippen molar-refractivity contribution in [2.45, 2.75) is 13.3 Å². The molecular weight excluding hydrogens is 132 g/mol. The molecule has 0 aromatic rings. The number of nitrogens with one attached hydrogen (secondary N) is 1. The zero-order chi connectivity index (χ0) is 8.15. The second kappa shape index (κ2) is 4.00. The molecule has 4 nitrogen and oxygen atoms in total. The minimum atomic E-state index is -1.17. The molecule has 0 aliphatic heterocycles. The second-order valence-corrected chi connectivity index (χ2v) is 2.06. The van der Waals surface area contributed by atoms with Crippen LogP contribution in [-0.4, -0.2) is 23.3 Å². The molecule has 0 heterocycles. The van der Waals surface area contributed by atoms with Crippen molar-refractivity contribution >= 4 is 11.7 Å². The summed E-state index contributed by atoms with van der Waals surface area (Å²) in [7, 11) is 0. The third-order valence-electron chi connectivity index (χ3n) is 1.42. The van der Waals surface area contributed by atoms with Gasteiger partial charge < -0.3 is 10.8 Å². The first-order chi connectivity index (χ1) is 4.63. The van der Waals surface area contributed by atoms with E-state index in [0.29, 0.717) is 6.42 Å². The summed E-state index contributed by atoms with van der Waals surface area (Å²) in [6.07, 6.45) is 0.613. The molecular formula is C6H12N2O2. The van der Waals surface area contributed by atoms with Crippen LogP contribution in [0.1, 0.15) is 13.3 Å². The van der Waals surface area contributed by atoms with Gasteiger partial charge in [0.15, 0.2) is 0 Å². The summed E-state index contributed by atoms with van der Waals surface area (Å²) in [4.78, 5) is 10.2. The number of carbonyl (C=O) groups is 1. The highest BCUT2D eigenvalue weighted by Crippen LogP contribution is 2.01. The number of carboxylic acid groups (broad SMARTS) is 1. The topological polar surface area (TPSA) is 87.2 Å². The van der Waals surface area contributed by atoms with Crippen LogP contribution in [0.25, 0.3) is 0 Å². The zero-order valence-corrected chi connectivity index (χ0v) is 5.92. The van der Waals surface area contributed by atoms with Gasteiger partial charge in [-0.2, -0.15) is 0 Å². The van der Waals surface area contributed by atoms with Crippen LogP contribution >= 0.6 is 0 Å². The van der Waals surface area contributed by atoms with Crippen LogP contribution in [0.3, 0.4) is 0 Å². The van der Waals surface area contributed by atoms with Gasteiger partial charge >= 0.3 is 5.97 Å². The first-order valence-corrected chi connectivity index (χ1v) is 3.15. The standard InChI is InChI=1S/C6H12N2O2/c1-2-4(3-7)5(8)6(9)10/h4,8H,2-3,7H2,1H3,(H,9,10)/t4-/m1/s1. The van der Waals surface area contributed by atoms with E-state index in [1.165, 1.54) is 0 Å². The van der Waals surface area contributed by atoms with Gasteiger partial charge in [-0.15, -0.1) is 0 Å². The number of nitrogens with two attached hydrogens (primary N) is 1. The first-order valence-electron chi connectivity index (χ1n) is 3.15. The molecule has 0 saturated heterocycles. The Hall–Kier alpha value is -0.900. The third kappa shape index (κ3) is 2.14. The van der Waals surface area contributed by atoms with E-state index < -0.39 is 5.97 Å². The molecule has 0 aliphatic carbocycles. The summed E-state index contributed by atoms with van der Waals surface area (Å²) in [5.41, 5.74) is 4.93. The second-order valence-electron chi connectivity index (χ2n) is 2.06. The van der Waals surface area contributed by atoms with Gasteiger partial charge in [0.1, 0.15) is 5.71 Å². The van der Waals surface area contributed by atoms with E-state index in [9.17, 15) is 4.79 Å². The van der Waals surface area contributed by atoms with Gasteiger partial charge in [-0.25, -0.2) is 4.79 Å². The summed E-state index contributed by atoms with van der Waals surface area (Å²) in [6, 6.07) is 0. The lowest BCUT2D eigenvalue weighted by molar-refractivity contribution is -0.129. The van der Waals surface area contributed by atoms with E-state index in [0.717, 1.165) is 0 Å². The smallest absolute Gasteiger partial charge is 0.349 e. The molecule has 0 unspecified atom stereocenters. The van der Waals surface area contributed by atoms with E-state index in [4.69, 9.17) is 16.2 Å². The van der Waals surface area contributed by atoms with E-state index in [1.54, 1.807) is 0 Å². The maximum atomic E-state index is 10.2. The van der Waals surface area contributed by atoms with E-state index in [-0.39, 0.29) is 18.2 Å². The van der Waals surface area contributed by atoms with Crippen molar-refractivity contribution in [2.75, 3.05) is 6.54 Å². The van der Waals surface area contributed by atoms with Crippen LogP contribution in [0, 0.1) is 11.3 Å². The maximum Gasteiger partial charge on any atom is 0.349 e. The third-order valence-corrected chi connectivity index (χ3v) is 1.42. The minimum absolute atomic E-state index is 0.238. The van der Waals surface area contributed by atoms with Crippen molar-refractivity contribution in [1.29, 1.82) is 5.41 Å². The van der Waals surface area contributed by atoms with Gasteiger partial charge in [-0.05, 0) is 6.42 Å². The minimum Gasteiger partial charge on any atom is -0.477 e. The normalized spacial score (nSPS) is 12.6. The van der Waals surface area contributed by atoms with Gasteiger partial charge in [0.25, 0.3) is 0 Å². The molecule has 0 aromatic heterocycles. The van der Waals surface area contributed by atoms with Crippen LogP contribution in [0.15, 0.2) is 0 Å². The van der Waals surface area contributed by atoms with Gasteiger partial charge in [0.2, 0.25) is 0 Å². The quantitative estimate of drug-likeness (QED) is 0.488. The predicted molar refractivity (Wildman–Crippen MR) is 38.2 cm³/mol. The molecule has 0 radical (unpaired) electrons. The maximum absolute atomic E-state index is 10.2. The Balaban J connectivity index is 4.02. The van der Waals surface area contributed by atoms with Crippen molar-refractivity contribution in [3.8, 4) is 0 Å². The number of rotatable bonds is 4. The fraction of sp³-hybridized carbons (Fsp3) is 0.667. The highest BCUT2D eigenvalue weighted by Gasteiger charge is 2.16. The van der Waals surface area contributed by atoms with Gasteiger partial charge in [-0.3, -0.25) is 5.41 Å². The Labute approximate surface area is 59.5 Å². The van der Waals surface area contributed by atoms with Crippen LogP contribution in [0.2, 0.25) is 0 Å². The fourth-order valence-electron chi connectivity index (χ4n) is 0.663. The Kier molecular flexibility index (Phi) is 3.64. The lowest BCUT2D eigenvalue weighted by Gasteiger charge is -2.08. The molecule has 0 bridgehead atoms. The molecule has 0 aliphatic rings. The van der Waals surface area contributed by atoms with Crippen LogP contribution < -0.4 is 5.73 Å². The molecule has 0 aromatic carbocycles. The molecule has 0 rings (SSSR count). The molecule has 0 spiro atoms. The number of hydrogen-bond acceptors (Lipinski definition) is 3. The molecule has 4 N–H and O–H groups in total. The lowest BCUT2D eigenvalue weighted by atomic mass is 10.0. The molecule has 0 saturated carbocycles. The SMILES string of the molecule is CC[C@H](CN)C(=N)C(=O)O. The van der Waals surface area contributed by atoms with Crippen molar-refractivity contribution in [1.82, 2.24) is 0 Å². The zero-order valence-electron chi connectivity index (χ0n) is 5.92. The Morgan fingerprint density at radius 1 is 1.80 bits per heavy atom. The summed E-state index contributed by atoms with van der Waals surface area (Å²) >= 11 is 0. The first kappa shape index (κ1) is 9.10. The molecule has 58 valence electrons. The van der Waals surface area contributed by atoms with Crippen LogP contribution in [0.4, 0.5) is 0 Å². The van der Waals surface area contributed by atoms with Gasteiger partial charge in [0.05, 0.1) is 0 Å². The average molecular weight is 144 g/mol. The number of carboxylic acids is 1. The Morgan fingerprint density at radius 3 is 2.40 bits per heavy atom. The van der Waals surface area contributed by atoms with Crippen LogP contribution in [-0.2, 0) is 4.79 Å². The van der Waals surface area contributed by atoms with Crippen LogP contribution in [0.5, 0.6) is 0 Å². The largest absolute Gasteiger partial charge is 0.477 e. The van der Waals surface area contributed by atoms with Crippen molar-refractivity contribution < 1.29 is 9.90 Å². The van der Waals surface area contributed by atoms with Gasteiger partial charge in [0, 0.05) is 12.5 Å². The summed E-state index contributed by atoms with van der Waals surface area (Å²) in [5.74, 6) is -1.46. The van der Waals surface area contributed by atoms with Crippen molar-refractivity contribution in [3.63, 3.8) is 0 Å². The van der Waals surface area contributed by atoms with Crippen molar-refractivity contribution in [2.24, 2.45) is 11.7 Å². The fourth-order valence-corrected chi connectivity index (χ4v) is 0.663. The highest BCUT2D eigenvalue weighted by atomic mass is 16.4. The van der Waals surface area contributed by atoms with E-state index in [2.05, 4.69) is 0 Å². The number of hydrogen-bond donors (Lipinski definition) is 3. The molecule has 10 heavy (non-hydrogen) atoms. The lowest BCUT2D eigenvalue weighted by Crippen LogP contribution is -2.28. The highest BCUT2D eigenvalue weighted by molar-refractivity contribution is 6.35.